The van der Waals surface area contributed by atoms with Crippen LogP contribution in [0.5, 0.6) is 0 Å². The van der Waals surface area contributed by atoms with E-state index >= 15 is 0 Å². The first kappa shape index (κ1) is 12.5. The Balaban J connectivity index is 1.86. The number of hydrogen-bond acceptors (Lipinski definition) is 2. The fraction of sp³-hybridized carbons (Fsp3) is 0.571. The Labute approximate surface area is 102 Å². The quantitative estimate of drug-likeness (QED) is 0.843. The molecule has 2 rings (SSSR count). The Hall–Kier alpha value is -0.930. The molecule has 2 atom stereocenters. The standard InChI is InChI=1S/C14H20FNO/c15-13-7-5-11(6-8-13)9-16-14-4-2-1-3-12(14)10-17/h5-8,12,14,16-17H,1-4,9-10H2. The van der Waals surface area contributed by atoms with Crippen LogP contribution in [-0.4, -0.2) is 17.8 Å². The van der Waals surface area contributed by atoms with Crippen molar-refractivity contribution >= 4 is 0 Å². The lowest BCUT2D eigenvalue weighted by Crippen LogP contribution is -2.39. The van der Waals surface area contributed by atoms with Crippen LogP contribution in [0, 0.1) is 11.7 Å². The molecule has 2 nitrogen and oxygen atoms in total. The normalized spacial score (nSPS) is 24.8. The summed E-state index contributed by atoms with van der Waals surface area (Å²) in [6, 6.07) is 6.99. The molecule has 1 aliphatic rings. The van der Waals surface area contributed by atoms with Gasteiger partial charge < -0.3 is 10.4 Å². The summed E-state index contributed by atoms with van der Waals surface area (Å²) in [6.07, 6.45) is 4.70. The van der Waals surface area contributed by atoms with E-state index in [0.29, 0.717) is 12.0 Å². The predicted molar refractivity (Wildman–Crippen MR) is 66.1 cm³/mol. The number of aliphatic hydroxyl groups is 1. The van der Waals surface area contributed by atoms with Crippen LogP contribution in [0.15, 0.2) is 24.3 Å². The van der Waals surface area contributed by atoms with Crippen LogP contribution in [0.25, 0.3) is 0 Å². The average molecular weight is 237 g/mol. The Morgan fingerprint density at radius 3 is 2.59 bits per heavy atom. The molecule has 0 spiro atoms. The molecular formula is C14H20FNO. The Morgan fingerprint density at radius 2 is 1.88 bits per heavy atom. The molecule has 1 aromatic carbocycles. The summed E-state index contributed by atoms with van der Waals surface area (Å²) >= 11 is 0. The van der Waals surface area contributed by atoms with Gasteiger partial charge in [0.2, 0.25) is 0 Å². The second-order valence-electron chi connectivity index (χ2n) is 4.84. The van der Waals surface area contributed by atoms with E-state index in [1.165, 1.54) is 25.0 Å². The van der Waals surface area contributed by atoms with E-state index in [-0.39, 0.29) is 12.4 Å². The Kier molecular flexibility index (Phi) is 4.51. The van der Waals surface area contributed by atoms with Crippen molar-refractivity contribution in [2.45, 2.75) is 38.3 Å². The van der Waals surface area contributed by atoms with E-state index in [2.05, 4.69) is 5.32 Å². The molecule has 1 aliphatic carbocycles. The molecule has 2 unspecified atom stereocenters. The lowest BCUT2D eigenvalue weighted by Gasteiger charge is -2.31. The minimum absolute atomic E-state index is 0.195. The number of nitrogens with one attached hydrogen (secondary N) is 1. The summed E-state index contributed by atoms with van der Waals surface area (Å²) in [5, 5.41) is 12.8. The SMILES string of the molecule is OCC1CCCCC1NCc1ccc(F)cc1. The lowest BCUT2D eigenvalue weighted by molar-refractivity contribution is 0.152. The molecule has 3 heteroatoms. The second-order valence-corrected chi connectivity index (χ2v) is 4.84. The molecule has 94 valence electrons. The summed E-state index contributed by atoms with van der Waals surface area (Å²) in [7, 11) is 0. The smallest absolute Gasteiger partial charge is 0.123 e. The summed E-state index contributed by atoms with van der Waals surface area (Å²) in [6.45, 7) is 1.02. The van der Waals surface area contributed by atoms with Crippen LogP contribution in [0.3, 0.4) is 0 Å². The summed E-state index contributed by atoms with van der Waals surface area (Å²) < 4.78 is 12.7. The van der Waals surface area contributed by atoms with Gasteiger partial charge in [0.05, 0.1) is 0 Å². The van der Waals surface area contributed by atoms with Crippen molar-refractivity contribution in [1.82, 2.24) is 5.32 Å². The first-order valence-corrected chi connectivity index (χ1v) is 6.38. The third kappa shape index (κ3) is 3.51. The number of hydrogen-bond donors (Lipinski definition) is 2. The van der Waals surface area contributed by atoms with Gasteiger partial charge in [-0.2, -0.15) is 0 Å². The monoisotopic (exact) mass is 237 g/mol. The molecule has 1 saturated carbocycles. The molecule has 0 bridgehead atoms. The molecule has 0 amide bonds. The molecule has 2 N–H and O–H groups in total. The molecule has 17 heavy (non-hydrogen) atoms. The summed E-state index contributed by atoms with van der Waals surface area (Å²) in [5.41, 5.74) is 1.09. The van der Waals surface area contributed by atoms with Gasteiger partial charge in [-0.25, -0.2) is 4.39 Å². The van der Waals surface area contributed by atoms with Gasteiger partial charge in [0.25, 0.3) is 0 Å². The van der Waals surface area contributed by atoms with Gasteiger partial charge in [-0.15, -0.1) is 0 Å². The van der Waals surface area contributed by atoms with E-state index < -0.39 is 0 Å². The number of halogens is 1. The Bertz CT molecular complexity index is 339. The molecule has 0 aliphatic heterocycles. The molecule has 0 aromatic heterocycles. The highest BCUT2D eigenvalue weighted by Gasteiger charge is 2.23. The van der Waals surface area contributed by atoms with Gasteiger partial charge in [0.15, 0.2) is 0 Å². The van der Waals surface area contributed by atoms with Crippen LogP contribution in [0.2, 0.25) is 0 Å². The van der Waals surface area contributed by atoms with Crippen LogP contribution < -0.4 is 5.32 Å². The van der Waals surface area contributed by atoms with E-state index in [4.69, 9.17) is 0 Å². The van der Waals surface area contributed by atoms with Gasteiger partial charge in [-0.05, 0) is 36.5 Å². The van der Waals surface area contributed by atoms with Crippen molar-refractivity contribution < 1.29 is 9.50 Å². The van der Waals surface area contributed by atoms with Crippen molar-refractivity contribution in [3.05, 3.63) is 35.6 Å². The maximum atomic E-state index is 12.7. The number of rotatable bonds is 4. The highest BCUT2D eigenvalue weighted by Crippen LogP contribution is 2.24. The van der Waals surface area contributed by atoms with Crippen LogP contribution in [0.1, 0.15) is 31.2 Å². The molecule has 0 heterocycles. The minimum Gasteiger partial charge on any atom is -0.396 e. The van der Waals surface area contributed by atoms with Gasteiger partial charge in [-0.3, -0.25) is 0 Å². The van der Waals surface area contributed by atoms with E-state index in [0.717, 1.165) is 24.9 Å². The second kappa shape index (κ2) is 6.12. The third-order valence-corrected chi connectivity index (χ3v) is 3.63. The minimum atomic E-state index is -0.195. The maximum absolute atomic E-state index is 12.7. The highest BCUT2D eigenvalue weighted by atomic mass is 19.1. The first-order chi connectivity index (χ1) is 8.29. The van der Waals surface area contributed by atoms with E-state index in [1.807, 2.05) is 0 Å². The van der Waals surface area contributed by atoms with E-state index in [1.54, 1.807) is 12.1 Å². The fourth-order valence-corrected chi connectivity index (χ4v) is 2.55. The van der Waals surface area contributed by atoms with E-state index in [9.17, 15) is 9.50 Å². The van der Waals surface area contributed by atoms with Gasteiger partial charge in [0.1, 0.15) is 5.82 Å². The average Bonchev–Trinajstić information content (AvgIpc) is 2.38. The molecule has 0 saturated heterocycles. The predicted octanol–water partition coefficient (Wildman–Crippen LogP) is 2.47. The highest BCUT2D eigenvalue weighted by molar-refractivity contribution is 5.15. The summed E-state index contributed by atoms with van der Waals surface area (Å²) in [5.74, 6) is 0.184. The number of benzene rings is 1. The Morgan fingerprint density at radius 1 is 1.18 bits per heavy atom. The number of aliphatic hydroxyl groups excluding tert-OH is 1. The van der Waals surface area contributed by atoms with Crippen LogP contribution in [-0.2, 0) is 6.54 Å². The summed E-state index contributed by atoms with van der Waals surface area (Å²) in [4.78, 5) is 0. The fourth-order valence-electron chi connectivity index (χ4n) is 2.55. The van der Waals surface area contributed by atoms with Crippen molar-refractivity contribution in [1.29, 1.82) is 0 Å². The molecular weight excluding hydrogens is 217 g/mol. The molecule has 1 aromatic rings. The zero-order valence-electron chi connectivity index (χ0n) is 10.0. The van der Waals surface area contributed by atoms with Crippen LogP contribution in [0.4, 0.5) is 4.39 Å². The van der Waals surface area contributed by atoms with Gasteiger partial charge in [0, 0.05) is 19.2 Å². The topological polar surface area (TPSA) is 32.3 Å². The van der Waals surface area contributed by atoms with Crippen molar-refractivity contribution in [3.8, 4) is 0 Å². The first-order valence-electron chi connectivity index (χ1n) is 6.38. The zero-order chi connectivity index (χ0) is 12.1. The van der Waals surface area contributed by atoms with Crippen molar-refractivity contribution in [3.63, 3.8) is 0 Å². The molecule has 1 fully saturated rings. The third-order valence-electron chi connectivity index (χ3n) is 3.63. The van der Waals surface area contributed by atoms with Gasteiger partial charge in [-0.1, -0.05) is 25.0 Å². The van der Waals surface area contributed by atoms with Gasteiger partial charge >= 0.3 is 0 Å². The lowest BCUT2D eigenvalue weighted by atomic mass is 9.85. The van der Waals surface area contributed by atoms with Crippen molar-refractivity contribution in [2.24, 2.45) is 5.92 Å². The van der Waals surface area contributed by atoms with Crippen LogP contribution >= 0.6 is 0 Å². The van der Waals surface area contributed by atoms with Crippen molar-refractivity contribution in [2.75, 3.05) is 6.61 Å². The zero-order valence-corrected chi connectivity index (χ0v) is 10.0. The maximum Gasteiger partial charge on any atom is 0.123 e. The largest absolute Gasteiger partial charge is 0.396 e. The molecule has 0 radical (unpaired) electrons.